The summed E-state index contributed by atoms with van der Waals surface area (Å²) in [4.78, 5) is 0. The van der Waals surface area contributed by atoms with Gasteiger partial charge in [0, 0.05) is 0 Å². The zero-order chi connectivity index (χ0) is 10.2. The summed E-state index contributed by atoms with van der Waals surface area (Å²) < 4.78 is 0. The molecule has 0 radical (unpaired) electrons. The highest BCUT2D eigenvalue weighted by Gasteiger charge is 2.42. The van der Waals surface area contributed by atoms with E-state index in [-0.39, 0.29) is 0 Å². The highest BCUT2D eigenvalue weighted by atomic mass is 14.9. The Balaban J connectivity index is 2.10. The minimum absolute atomic E-state index is 0.592. The lowest BCUT2D eigenvalue weighted by Crippen LogP contribution is -2.44. The molecule has 0 aromatic heterocycles. The van der Waals surface area contributed by atoms with Crippen molar-refractivity contribution in [1.82, 2.24) is 5.32 Å². The molecule has 2 aliphatic rings. The molecule has 1 atom stereocenters. The van der Waals surface area contributed by atoms with Gasteiger partial charge in [-0.25, -0.2) is 0 Å². The van der Waals surface area contributed by atoms with Crippen LogP contribution in [-0.4, -0.2) is 13.1 Å². The Bertz CT molecular complexity index is 201. The Kier molecular flexibility index (Phi) is 2.63. The Morgan fingerprint density at radius 3 is 2.29 bits per heavy atom. The van der Waals surface area contributed by atoms with E-state index in [1.54, 1.807) is 0 Å². The van der Waals surface area contributed by atoms with Gasteiger partial charge in [-0.3, -0.25) is 0 Å². The van der Waals surface area contributed by atoms with E-state index in [9.17, 15) is 0 Å². The van der Waals surface area contributed by atoms with Crippen LogP contribution in [0.15, 0.2) is 0 Å². The second-order valence-electron chi connectivity index (χ2n) is 6.60. The molecule has 14 heavy (non-hydrogen) atoms. The third kappa shape index (κ3) is 2.13. The summed E-state index contributed by atoms with van der Waals surface area (Å²) in [6.45, 7) is 9.88. The van der Waals surface area contributed by atoms with Crippen molar-refractivity contribution < 1.29 is 0 Å². The van der Waals surface area contributed by atoms with Crippen molar-refractivity contribution in [3.63, 3.8) is 0 Å². The van der Waals surface area contributed by atoms with Crippen LogP contribution in [0.2, 0.25) is 0 Å². The molecule has 1 nitrogen and oxygen atoms in total. The molecule has 1 saturated heterocycles. The van der Waals surface area contributed by atoms with Crippen LogP contribution in [0.1, 0.15) is 52.9 Å². The second kappa shape index (κ2) is 3.52. The molecule has 1 heterocycles. The molecule has 0 amide bonds. The molecule has 82 valence electrons. The highest BCUT2D eigenvalue weighted by molar-refractivity contribution is 4.95. The highest BCUT2D eigenvalue weighted by Crippen LogP contribution is 2.52. The van der Waals surface area contributed by atoms with Gasteiger partial charge in [-0.05, 0) is 61.9 Å². The Morgan fingerprint density at radius 2 is 1.71 bits per heavy atom. The first kappa shape index (κ1) is 10.5. The standard InChI is InChI=1S/C13H25N/c1-11-8-12(2,3)10-13(9-11)4-6-14-7-5-13/h11,14H,4-10H2,1-3H3. The van der Waals surface area contributed by atoms with Crippen molar-refractivity contribution in [3.8, 4) is 0 Å². The third-order valence-electron chi connectivity index (χ3n) is 4.20. The number of nitrogens with one attached hydrogen (secondary N) is 1. The van der Waals surface area contributed by atoms with Gasteiger partial charge in [-0.1, -0.05) is 20.8 Å². The van der Waals surface area contributed by atoms with Crippen molar-refractivity contribution in [3.05, 3.63) is 0 Å². The smallest absolute Gasteiger partial charge is 0.00436 e. The normalized spacial score (nSPS) is 35.8. The van der Waals surface area contributed by atoms with E-state index in [2.05, 4.69) is 26.1 Å². The Morgan fingerprint density at radius 1 is 1.07 bits per heavy atom. The molecule has 0 bridgehead atoms. The van der Waals surface area contributed by atoms with Crippen LogP contribution in [0.25, 0.3) is 0 Å². The third-order valence-corrected chi connectivity index (χ3v) is 4.20. The lowest BCUT2D eigenvalue weighted by molar-refractivity contribution is 0.0225. The van der Waals surface area contributed by atoms with Crippen LogP contribution in [0.5, 0.6) is 0 Å². The fourth-order valence-electron chi connectivity index (χ4n) is 4.25. The molecule has 1 spiro atoms. The summed E-state index contributed by atoms with van der Waals surface area (Å²) in [7, 11) is 0. The molecule has 0 aromatic carbocycles. The molecule has 1 unspecified atom stereocenters. The first-order chi connectivity index (χ1) is 6.52. The number of hydrogen-bond acceptors (Lipinski definition) is 1. The molecular weight excluding hydrogens is 170 g/mol. The topological polar surface area (TPSA) is 12.0 Å². The van der Waals surface area contributed by atoms with Crippen LogP contribution in [0, 0.1) is 16.7 Å². The first-order valence-electron chi connectivity index (χ1n) is 6.22. The molecular formula is C13H25N. The van der Waals surface area contributed by atoms with Crippen LogP contribution in [-0.2, 0) is 0 Å². The summed E-state index contributed by atoms with van der Waals surface area (Å²) >= 11 is 0. The van der Waals surface area contributed by atoms with Crippen LogP contribution in [0.4, 0.5) is 0 Å². The van der Waals surface area contributed by atoms with Crippen LogP contribution < -0.4 is 5.32 Å². The van der Waals surface area contributed by atoms with Gasteiger partial charge >= 0.3 is 0 Å². The molecule has 1 heteroatoms. The molecule has 2 rings (SSSR count). The van der Waals surface area contributed by atoms with E-state index in [4.69, 9.17) is 0 Å². The predicted octanol–water partition coefficient (Wildman–Crippen LogP) is 3.20. The maximum Gasteiger partial charge on any atom is -0.00436 e. The minimum atomic E-state index is 0.592. The van der Waals surface area contributed by atoms with Gasteiger partial charge in [0.05, 0.1) is 0 Å². The van der Waals surface area contributed by atoms with E-state index in [0.29, 0.717) is 10.8 Å². The van der Waals surface area contributed by atoms with Crippen molar-refractivity contribution in [2.45, 2.75) is 52.9 Å². The second-order valence-corrected chi connectivity index (χ2v) is 6.60. The van der Waals surface area contributed by atoms with Crippen molar-refractivity contribution in [1.29, 1.82) is 0 Å². The Hall–Kier alpha value is -0.0400. The average molecular weight is 195 g/mol. The fourth-order valence-corrected chi connectivity index (χ4v) is 4.25. The number of rotatable bonds is 0. The van der Waals surface area contributed by atoms with Gasteiger partial charge < -0.3 is 5.32 Å². The van der Waals surface area contributed by atoms with Gasteiger partial charge in [0.1, 0.15) is 0 Å². The predicted molar refractivity (Wildman–Crippen MR) is 61.3 cm³/mol. The van der Waals surface area contributed by atoms with E-state index in [1.807, 2.05) is 0 Å². The molecule has 1 aliphatic heterocycles. The minimum Gasteiger partial charge on any atom is -0.317 e. The largest absolute Gasteiger partial charge is 0.317 e. The van der Waals surface area contributed by atoms with E-state index < -0.39 is 0 Å². The average Bonchev–Trinajstić information content (AvgIpc) is 2.00. The zero-order valence-electron chi connectivity index (χ0n) is 10.0. The van der Waals surface area contributed by atoms with Gasteiger partial charge in [-0.15, -0.1) is 0 Å². The summed E-state index contributed by atoms with van der Waals surface area (Å²) in [5.74, 6) is 0.942. The lowest BCUT2D eigenvalue weighted by Gasteiger charge is -2.50. The molecule has 2 fully saturated rings. The van der Waals surface area contributed by atoms with E-state index in [1.165, 1.54) is 45.2 Å². The molecule has 1 N–H and O–H groups in total. The fraction of sp³-hybridized carbons (Fsp3) is 1.00. The first-order valence-corrected chi connectivity index (χ1v) is 6.22. The van der Waals surface area contributed by atoms with Crippen LogP contribution >= 0.6 is 0 Å². The summed E-state index contributed by atoms with van der Waals surface area (Å²) in [5, 5.41) is 3.50. The van der Waals surface area contributed by atoms with Crippen molar-refractivity contribution >= 4 is 0 Å². The summed E-state index contributed by atoms with van der Waals surface area (Å²) in [6.07, 6.45) is 7.22. The summed E-state index contributed by atoms with van der Waals surface area (Å²) in [5.41, 5.74) is 1.29. The quantitative estimate of drug-likeness (QED) is 0.626. The monoisotopic (exact) mass is 195 g/mol. The van der Waals surface area contributed by atoms with E-state index >= 15 is 0 Å². The Labute approximate surface area is 88.7 Å². The molecule has 1 saturated carbocycles. The lowest BCUT2D eigenvalue weighted by atomic mass is 9.57. The van der Waals surface area contributed by atoms with Gasteiger partial charge in [-0.2, -0.15) is 0 Å². The SMILES string of the molecule is CC1CC(C)(C)CC2(CCNCC2)C1. The van der Waals surface area contributed by atoms with Gasteiger partial charge in [0.15, 0.2) is 0 Å². The van der Waals surface area contributed by atoms with Crippen LogP contribution in [0.3, 0.4) is 0 Å². The van der Waals surface area contributed by atoms with E-state index in [0.717, 1.165) is 5.92 Å². The molecule has 0 aromatic rings. The maximum atomic E-state index is 3.50. The summed E-state index contributed by atoms with van der Waals surface area (Å²) in [6, 6.07) is 0. The van der Waals surface area contributed by atoms with Gasteiger partial charge in [0.2, 0.25) is 0 Å². The van der Waals surface area contributed by atoms with Crippen molar-refractivity contribution in [2.75, 3.05) is 13.1 Å². The number of piperidine rings is 1. The van der Waals surface area contributed by atoms with Crippen molar-refractivity contribution in [2.24, 2.45) is 16.7 Å². The number of hydrogen-bond donors (Lipinski definition) is 1. The van der Waals surface area contributed by atoms with Gasteiger partial charge in [0.25, 0.3) is 0 Å². The maximum absolute atomic E-state index is 3.50. The molecule has 1 aliphatic carbocycles. The zero-order valence-corrected chi connectivity index (χ0v) is 10.0.